The minimum Gasteiger partial charge on any atom is -0.378 e. The van der Waals surface area contributed by atoms with E-state index in [9.17, 15) is 4.79 Å². The predicted octanol–water partition coefficient (Wildman–Crippen LogP) is 2.20. The first-order valence-electron chi connectivity index (χ1n) is 5.77. The first-order chi connectivity index (χ1) is 8.60. The summed E-state index contributed by atoms with van der Waals surface area (Å²) in [6.45, 7) is 4.35. The number of ether oxygens (including phenoxy) is 1. The molecule has 1 heterocycles. The van der Waals surface area contributed by atoms with Crippen LogP contribution in [-0.2, 0) is 11.3 Å². The summed E-state index contributed by atoms with van der Waals surface area (Å²) in [5.41, 5.74) is 3.64. The van der Waals surface area contributed by atoms with E-state index in [1.807, 2.05) is 32.0 Å². The molecule has 4 nitrogen and oxygen atoms in total. The number of aryl methyl sites for hydroxylation is 2. The highest BCUT2D eigenvalue weighted by molar-refractivity contribution is 5.60. The van der Waals surface area contributed by atoms with Crippen LogP contribution in [0.1, 0.15) is 16.8 Å². The number of nitrogens with one attached hydrogen (secondary N) is 1. The molecule has 0 saturated heterocycles. The topological polar surface area (TPSA) is 55.0 Å². The normalized spacial score (nSPS) is 10.6. The van der Waals surface area contributed by atoms with Crippen LogP contribution in [0.4, 0.5) is 0 Å². The number of nitrogens with zero attached hydrogens (tertiary/aromatic N) is 1. The summed E-state index contributed by atoms with van der Waals surface area (Å²) >= 11 is 0. The average molecular weight is 244 g/mol. The van der Waals surface area contributed by atoms with E-state index in [-0.39, 0.29) is 5.56 Å². The molecule has 1 aromatic carbocycles. The molecule has 94 valence electrons. The van der Waals surface area contributed by atoms with Gasteiger partial charge in [0.2, 0.25) is 0 Å². The SMILES string of the molecule is COCc1cc(=O)[nH]c(-c2cc(C)ccc2C)n1. The molecule has 1 aromatic heterocycles. The van der Waals surface area contributed by atoms with Crippen molar-refractivity contribution in [1.82, 2.24) is 9.97 Å². The van der Waals surface area contributed by atoms with Crippen molar-refractivity contribution in [2.24, 2.45) is 0 Å². The van der Waals surface area contributed by atoms with Crippen molar-refractivity contribution in [1.29, 1.82) is 0 Å². The van der Waals surface area contributed by atoms with Crippen molar-refractivity contribution >= 4 is 0 Å². The van der Waals surface area contributed by atoms with Crippen molar-refractivity contribution in [3.05, 3.63) is 51.4 Å². The van der Waals surface area contributed by atoms with E-state index in [0.717, 1.165) is 16.7 Å². The summed E-state index contributed by atoms with van der Waals surface area (Å²) in [6, 6.07) is 7.53. The third kappa shape index (κ3) is 2.65. The second kappa shape index (κ2) is 5.14. The predicted molar refractivity (Wildman–Crippen MR) is 70.5 cm³/mol. The van der Waals surface area contributed by atoms with Crippen LogP contribution in [0.5, 0.6) is 0 Å². The van der Waals surface area contributed by atoms with E-state index in [4.69, 9.17) is 4.74 Å². The van der Waals surface area contributed by atoms with E-state index >= 15 is 0 Å². The quantitative estimate of drug-likeness (QED) is 0.900. The van der Waals surface area contributed by atoms with Gasteiger partial charge in [-0.1, -0.05) is 17.7 Å². The molecule has 0 aliphatic rings. The number of H-pyrrole nitrogens is 1. The molecule has 0 aliphatic carbocycles. The van der Waals surface area contributed by atoms with Crippen LogP contribution in [0.3, 0.4) is 0 Å². The van der Waals surface area contributed by atoms with Gasteiger partial charge in [0, 0.05) is 18.7 Å². The Balaban J connectivity index is 2.56. The van der Waals surface area contributed by atoms with Crippen LogP contribution < -0.4 is 5.56 Å². The maximum Gasteiger partial charge on any atom is 0.251 e. The minimum atomic E-state index is -0.159. The Hall–Kier alpha value is -1.94. The lowest BCUT2D eigenvalue weighted by Crippen LogP contribution is -2.11. The molecule has 18 heavy (non-hydrogen) atoms. The first-order valence-corrected chi connectivity index (χ1v) is 5.77. The van der Waals surface area contributed by atoms with Crippen molar-refractivity contribution in [2.45, 2.75) is 20.5 Å². The largest absolute Gasteiger partial charge is 0.378 e. The molecule has 0 fully saturated rings. The molecule has 0 radical (unpaired) electrons. The van der Waals surface area contributed by atoms with Crippen molar-refractivity contribution in [3.63, 3.8) is 0 Å². The highest BCUT2D eigenvalue weighted by Gasteiger charge is 2.07. The van der Waals surface area contributed by atoms with E-state index in [1.165, 1.54) is 6.07 Å². The molecule has 0 unspecified atom stereocenters. The van der Waals surface area contributed by atoms with Gasteiger partial charge in [0.05, 0.1) is 12.3 Å². The molecule has 1 N–H and O–H groups in total. The smallest absolute Gasteiger partial charge is 0.251 e. The lowest BCUT2D eigenvalue weighted by molar-refractivity contribution is 0.181. The Kier molecular flexibility index (Phi) is 3.58. The van der Waals surface area contributed by atoms with E-state index in [2.05, 4.69) is 9.97 Å². The number of aromatic amines is 1. The van der Waals surface area contributed by atoms with Crippen LogP contribution in [-0.4, -0.2) is 17.1 Å². The third-order valence-electron chi connectivity index (χ3n) is 2.74. The fourth-order valence-corrected chi connectivity index (χ4v) is 1.85. The highest BCUT2D eigenvalue weighted by Crippen LogP contribution is 2.20. The maximum absolute atomic E-state index is 11.6. The summed E-state index contributed by atoms with van der Waals surface area (Å²) < 4.78 is 5.01. The fraction of sp³-hybridized carbons (Fsp3) is 0.286. The van der Waals surface area contributed by atoms with Gasteiger partial charge in [-0.15, -0.1) is 0 Å². The highest BCUT2D eigenvalue weighted by atomic mass is 16.5. The van der Waals surface area contributed by atoms with E-state index < -0.39 is 0 Å². The lowest BCUT2D eigenvalue weighted by Gasteiger charge is -2.07. The van der Waals surface area contributed by atoms with Crippen LogP contribution in [0.25, 0.3) is 11.4 Å². The molecule has 0 saturated carbocycles. The Labute approximate surface area is 106 Å². The summed E-state index contributed by atoms with van der Waals surface area (Å²) in [5.74, 6) is 0.593. The second-order valence-corrected chi connectivity index (χ2v) is 4.34. The fourth-order valence-electron chi connectivity index (χ4n) is 1.85. The van der Waals surface area contributed by atoms with Gasteiger partial charge in [-0.2, -0.15) is 0 Å². The Morgan fingerprint density at radius 1 is 1.28 bits per heavy atom. The molecular weight excluding hydrogens is 228 g/mol. The summed E-state index contributed by atoms with van der Waals surface area (Å²) in [5, 5.41) is 0. The standard InChI is InChI=1S/C14H16N2O2/c1-9-4-5-10(2)12(6-9)14-15-11(8-18-3)7-13(17)16-14/h4-7H,8H2,1-3H3,(H,15,16,17). The molecule has 4 heteroatoms. The van der Waals surface area contributed by atoms with Gasteiger partial charge in [-0.05, 0) is 25.5 Å². The number of benzene rings is 1. The first kappa shape index (κ1) is 12.5. The Morgan fingerprint density at radius 3 is 2.78 bits per heavy atom. The van der Waals surface area contributed by atoms with Crippen LogP contribution in [0.2, 0.25) is 0 Å². The van der Waals surface area contributed by atoms with Crippen LogP contribution >= 0.6 is 0 Å². The van der Waals surface area contributed by atoms with Crippen molar-refractivity contribution < 1.29 is 4.74 Å². The Bertz CT molecular complexity index is 617. The van der Waals surface area contributed by atoms with Gasteiger partial charge in [-0.25, -0.2) is 4.98 Å². The van der Waals surface area contributed by atoms with Gasteiger partial charge in [0.25, 0.3) is 5.56 Å². The molecule has 2 rings (SSSR count). The molecular formula is C14H16N2O2. The van der Waals surface area contributed by atoms with Crippen LogP contribution in [0.15, 0.2) is 29.1 Å². The zero-order chi connectivity index (χ0) is 13.1. The number of hydrogen-bond donors (Lipinski definition) is 1. The number of aromatic nitrogens is 2. The van der Waals surface area contributed by atoms with Gasteiger partial charge < -0.3 is 9.72 Å². The molecule has 0 atom stereocenters. The summed E-state index contributed by atoms with van der Waals surface area (Å²) in [6.07, 6.45) is 0. The van der Waals surface area contributed by atoms with Gasteiger partial charge in [0.1, 0.15) is 5.82 Å². The zero-order valence-electron chi connectivity index (χ0n) is 10.8. The van der Waals surface area contributed by atoms with E-state index in [0.29, 0.717) is 18.1 Å². The maximum atomic E-state index is 11.6. The van der Waals surface area contributed by atoms with Crippen LogP contribution in [0, 0.1) is 13.8 Å². The van der Waals surface area contributed by atoms with Crippen molar-refractivity contribution in [2.75, 3.05) is 7.11 Å². The third-order valence-corrected chi connectivity index (χ3v) is 2.74. The summed E-state index contributed by atoms with van der Waals surface area (Å²) in [7, 11) is 1.58. The summed E-state index contributed by atoms with van der Waals surface area (Å²) in [4.78, 5) is 18.8. The minimum absolute atomic E-state index is 0.159. The number of hydrogen-bond acceptors (Lipinski definition) is 3. The zero-order valence-corrected chi connectivity index (χ0v) is 10.8. The second-order valence-electron chi connectivity index (χ2n) is 4.34. The molecule has 0 amide bonds. The molecule has 2 aromatic rings. The molecule has 0 spiro atoms. The van der Waals surface area contributed by atoms with Crippen molar-refractivity contribution in [3.8, 4) is 11.4 Å². The lowest BCUT2D eigenvalue weighted by atomic mass is 10.1. The Morgan fingerprint density at radius 2 is 2.06 bits per heavy atom. The van der Waals surface area contributed by atoms with E-state index in [1.54, 1.807) is 7.11 Å². The van der Waals surface area contributed by atoms with Gasteiger partial charge >= 0.3 is 0 Å². The molecule has 0 aliphatic heterocycles. The number of methoxy groups -OCH3 is 1. The van der Waals surface area contributed by atoms with Gasteiger partial charge in [0.15, 0.2) is 0 Å². The average Bonchev–Trinajstić information content (AvgIpc) is 2.32. The monoisotopic (exact) mass is 244 g/mol. The molecule has 0 bridgehead atoms. The van der Waals surface area contributed by atoms with Gasteiger partial charge in [-0.3, -0.25) is 4.79 Å². The number of rotatable bonds is 3.